The summed E-state index contributed by atoms with van der Waals surface area (Å²) >= 11 is 0. The molecule has 2 aromatic heterocycles. The third kappa shape index (κ3) is 9.12. The van der Waals surface area contributed by atoms with Crippen LogP contribution in [-0.2, 0) is 10.0 Å². The maximum absolute atomic E-state index is 14.7. The lowest BCUT2D eigenvalue weighted by atomic mass is 9.69. The predicted octanol–water partition coefficient (Wildman–Crippen LogP) is 8.22. The van der Waals surface area contributed by atoms with E-state index >= 15 is 0 Å². The Morgan fingerprint density at radius 1 is 1.06 bits per heavy atom. The van der Waals surface area contributed by atoms with Gasteiger partial charge in [-0.05, 0) is 111 Å². The summed E-state index contributed by atoms with van der Waals surface area (Å²) in [7, 11) is -4.73. The number of carbonyl (C=O) groups is 1. The number of likely N-dealkylation sites (tertiary alicyclic amines) is 1. The molecule has 3 aliphatic heterocycles. The Labute approximate surface area is 400 Å². The van der Waals surface area contributed by atoms with Gasteiger partial charge in [0, 0.05) is 74.8 Å². The van der Waals surface area contributed by atoms with E-state index in [1.54, 1.807) is 19.1 Å². The molecule has 69 heavy (non-hydrogen) atoms. The molecule has 0 radical (unpaired) electrons. The summed E-state index contributed by atoms with van der Waals surface area (Å²) in [6.45, 7) is 9.93. The van der Waals surface area contributed by atoms with Gasteiger partial charge in [-0.25, -0.2) is 22.5 Å². The van der Waals surface area contributed by atoms with Gasteiger partial charge in [-0.15, -0.1) is 0 Å². The van der Waals surface area contributed by atoms with Crippen molar-refractivity contribution in [3.8, 4) is 17.2 Å². The Morgan fingerprint density at radius 3 is 2.54 bits per heavy atom. The van der Waals surface area contributed by atoms with Gasteiger partial charge in [0.15, 0.2) is 11.4 Å². The number of hydrogen-bond donors (Lipinski definition) is 5. The Hall–Kier alpha value is -5.82. The quantitative estimate of drug-likeness (QED) is 0.0590. The number of sulfonamides is 1. The number of H-pyrrole nitrogens is 1. The standard InChI is InChI=1S/C51H60FN7O9S/c1-30(2)36-6-4-5-7-37(36)38-10-8-32(26-60)47(38)58-28-51(29-58)16-18-57(19-17-51)33-9-11-39(44(20-33)68-34-21-40-41(52)25-54-48(40)53-24-34)49(61)56-69(65,66)35-22-43(59(63)64)46-45(23-35)67-27-42(55-46)31-12-14-50(3,62)15-13-31/h4-7,9,11,20-25,30-32,38,42,47,55,60,62H,8,10,12-19,26-29H2,1-3H3,(H,53,54)(H,56,61)/t31-,32-,38+,42-,47?,50-/m1/s1. The molecule has 5 aliphatic rings. The first-order chi connectivity index (χ1) is 33.0. The molecule has 1 spiro atoms. The van der Waals surface area contributed by atoms with Crippen molar-refractivity contribution in [2.75, 3.05) is 49.6 Å². The predicted molar refractivity (Wildman–Crippen MR) is 258 cm³/mol. The molecule has 5 heterocycles. The fourth-order valence-electron chi connectivity index (χ4n) is 11.9. The molecule has 2 saturated carbocycles. The number of pyridine rings is 1. The molecular formula is C51H60FN7O9S. The smallest absolute Gasteiger partial charge is 0.297 e. The Balaban J connectivity index is 0.868. The van der Waals surface area contributed by atoms with E-state index < -0.39 is 42.9 Å². The Morgan fingerprint density at radius 2 is 1.81 bits per heavy atom. The molecule has 0 bridgehead atoms. The summed E-state index contributed by atoms with van der Waals surface area (Å²) in [5, 5.41) is 36.7. The highest BCUT2D eigenvalue weighted by Gasteiger charge is 2.52. The molecule has 2 saturated heterocycles. The lowest BCUT2D eigenvalue weighted by molar-refractivity contribution is -0.384. The van der Waals surface area contributed by atoms with Gasteiger partial charge in [0.25, 0.3) is 21.6 Å². The number of fused-ring (bicyclic) bond motifs is 2. The lowest BCUT2D eigenvalue weighted by Crippen LogP contribution is -2.64. The van der Waals surface area contributed by atoms with Crippen LogP contribution in [0.15, 0.2) is 78.0 Å². The van der Waals surface area contributed by atoms with Gasteiger partial charge >= 0.3 is 0 Å². The first-order valence-electron chi connectivity index (χ1n) is 24.1. The van der Waals surface area contributed by atoms with Crippen LogP contribution in [0, 0.1) is 33.2 Å². The molecule has 5 aromatic rings. The lowest BCUT2D eigenvalue weighted by Gasteiger charge is -2.58. The second kappa shape index (κ2) is 18.2. The number of piperidine rings is 1. The van der Waals surface area contributed by atoms with Crippen LogP contribution in [-0.4, -0.2) is 101 Å². The summed E-state index contributed by atoms with van der Waals surface area (Å²) in [4.78, 5) is 37.1. The molecule has 4 fully saturated rings. The highest BCUT2D eigenvalue weighted by molar-refractivity contribution is 7.90. The van der Waals surface area contributed by atoms with Gasteiger partial charge in [-0.1, -0.05) is 38.1 Å². The van der Waals surface area contributed by atoms with Gasteiger partial charge in [0.1, 0.15) is 29.6 Å². The van der Waals surface area contributed by atoms with Gasteiger partial charge in [0.05, 0.1) is 38.6 Å². The number of carbonyl (C=O) groups excluding carboxylic acids is 1. The Kier molecular flexibility index (Phi) is 12.3. The maximum Gasteiger partial charge on any atom is 0.297 e. The molecule has 4 atom stereocenters. The number of hydrogen-bond acceptors (Lipinski definition) is 13. The number of aliphatic hydroxyl groups excluding tert-OH is 1. The topological polar surface area (TPSA) is 212 Å². The number of aromatic amines is 1. The number of nitrogens with zero attached hydrogens (tertiary/aromatic N) is 4. The number of aliphatic hydroxyl groups is 2. The van der Waals surface area contributed by atoms with Crippen molar-refractivity contribution in [1.82, 2.24) is 19.6 Å². The normalized spacial score (nSPS) is 25.7. The average molecular weight is 966 g/mol. The van der Waals surface area contributed by atoms with Crippen LogP contribution in [0.5, 0.6) is 17.2 Å². The number of rotatable bonds is 12. The van der Waals surface area contributed by atoms with Crippen molar-refractivity contribution in [3.05, 3.63) is 106 Å². The van der Waals surface area contributed by atoms with Crippen molar-refractivity contribution in [1.29, 1.82) is 0 Å². The first-order valence-corrected chi connectivity index (χ1v) is 25.6. The number of ether oxygens (including phenoxy) is 2. The summed E-state index contributed by atoms with van der Waals surface area (Å²) in [6, 6.07) is 17.1. The number of nitro groups is 1. The number of aromatic nitrogens is 2. The van der Waals surface area contributed by atoms with Gasteiger partial charge < -0.3 is 34.9 Å². The zero-order valence-corrected chi connectivity index (χ0v) is 39.9. The molecule has 366 valence electrons. The molecule has 5 N–H and O–H groups in total. The van der Waals surface area contributed by atoms with Crippen molar-refractivity contribution in [2.45, 2.75) is 107 Å². The maximum atomic E-state index is 14.7. The van der Waals surface area contributed by atoms with E-state index in [0.29, 0.717) is 43.2 Å². The molecule has 1 amide bonds. The number of halogens is 1. The summed E-state index contributed by atoms with van der Waals surface area (Å²) < 4.78 is 57.0. The van der Waals surface area contributed by atoms with E-state index in [4.69, 9.17) is 9.47 Å². The monoisotopic (exact) mass is 965 g/mol. The molecule has 1 unspecified atom stereocenters. The second-order valence-electron chi connectivity index (χ2n) is 20.7. The van der Waals surface area contributed by atoms with E-state index in [-0.39, 0.29) is 76.4 Å². The van der Waals surface area contributed by atoms with Gasteiger partial charge in [-0.3, -0.25) is 19.8 Å². The number of anilines is 2. The molecule has 3 aromatic carbocycles. The van der Waals surface area contributed by atoms with Gasteiger partial charge in [0.2, 0.25) is 0 Å². The van der Waals surface area contributed by atoms with Crippen molar-refractivity contribution >= 4 is 44.0 Å². The van der Waals surface area contributed by atoms with E-state index in [9.17, 15) is 37.9 Å². The van der Waals surface area contributed by atoms with Crippen LogP contribution in [0.1, 0.15) is 105 Å². The molecular weight excluding hydrogens is 906 g/mol. The SMILES string of the molecule is CC(C)c1ccccc1[C@@H]1CC[C@H](CO)C1N1CC2(CCN(c3ccc(C(=O)NS(=O)(=O)c4cc5c(c([N+](=O)[O-])c4)N[C@@H]([C@H]4CC[C@](C)(O)CC4)CO5)c(Oc4cnc5[nH]cc(F)c5c4)c3)CC2)C1. The fraction of sp³-hybridized carbons (Fsp3) is 0.490. The molecule has 2 aliphatic carbocycles. The number of benzene rings is 3. The highest BCUT2D eigenvalue weighted by Crippen LogP contribution is 2.51. The number of amides is 1. The Bertz CT molecular complexity index is 2880. The van der Waals surface area contributed by atoms with Crippen LogP contribution < -0.4 is 24.4 Å². The number of nitrogens with one attached hydrogen (secondary N) is 3. The van der Waals surface area contributed by atoms with Crippen LogP contribution in [0.25, 0.3) is 11.0 Å². The van der Waals surface area contributed by atoms with Gasteiger partial charge in [-0.2, -0.15) is 0 Å². The first kappa shape index (κ1) is 46.9. The second-order valence-corrected chi connectivity index (χ2v) is 22.4. The third-order valence-corrected chi connectivity index (χ3v) is 17.1. The summed E-state index contributed by atoms with van der Waals surface area (Å²) in [5.41, 5.74) is 2.56. The minimum absolute atomic E-state index is 0.00405. The van der Waals surface area contributed by atoms with Crippen LogP contribution in [0.2, 0.25) is 0 Å². The zero-order chi connectivity index (χ0) is 48.4. The van der Waals surface area contributed by atoms with Crippen molar-refractivity contribution in [3.63, 3.8) is 0 Å². The van der Waals surface area contributed by atoms with Crippen LogP contribution >= 0.6 is 0 Å². The largest absolute Gasteiger partial charge is 0.489 e. The van der Waals surface area contributed by atoms with Crippen LogP contribution in [0.3, 0.4) is 0 Å². The van der Waals surface area contributed by atoms with E-state index in [0.717, 1.165) is 69.7 Å². The molecule has 16 nitrogen and oxygen atoms in total. The number of nitro benzene ring substituents is 1. The van der Waals surface area contributed by atoms with Crippen LogP contribution in [0.4, 0.5) is 21.5 Å². The minimum atomic E-state index is -4.73. The average Bonchev–Trinajstić information content (AvgIpc) is 3.92. The zero-order valence-electron chi connectivity index (χ0n) is 39.1. The van der Waals surface area contributed by atoms with E-state index in [1.165, 1.54) is 35.7 Å². The summed E-state index contributed by atoms with van der Waals surface area (Å²) in [6.07, 6.45) is 9.00. The summed E-state index contributed by atoms with van der Waals surface area (Å²) in [5.74, 6) is -0.447. The molecule has 10 rings (SSSR count). The van der Waals surface area contributed by atoms with E-state index in [1.807, 2.05) is 0 Å². The van der Waals surface area contributed by atoms with E-state index in [2.05, 4.69) is 67.9 Å². The fourth-order valence-corrected chi connectivity index (χ4v) is 12.9. The minimum Gasteiger partial charge on any atom is -0.489 e. The third-order valence-electron chi connectivity index (χ3n) is 15.8. The van der Waals surface area contributed by atoms with Crippen molar-refractivity contribution < 1.29 is 42.2 Å². The van der Waals surface area contributed by atoms with Crippen molar-refractivity contribution in [2.24, 2.45) is 17.3 Å². The highest BCUT2D eigenvalue weighted by atomic mass is 32.2. The molecule has 18 heteroatoms.